The first-order valence-corrected chi connectivity index (χ1v) is 12.0. The van der Waals surface area contributed by atoms with Crippen LogP contribution in [0.1, 0.15) is 95.1 Å². The minimum absolute atomic E-state index is 0.00215. The smallest absolute Gasteiger partial charge is 0.250 e. The van der Waals surface area contributed by atoms with E-state index in [-0.39, 0.29) is 36.3 Å². The molecule has 0 unspecified atom stereocenters. The summed E-state index contributed by atoms with van der Waals surface area (Å²) in [6.45, 7) is 0.158. The van der Waals surface area contributed by atoms with Crippen LogP contribution in [0.25, 0.3) is 0 Å². The molecular formula is C25H35FN2O2. The van der Waals surface area contributed by atoms with Gasteiger partial charge >= 0.3 is 0 Å². The Bertz CT molecular complexity index is 736. The molecule has 4 rings (SSSR count). The molecule has 1 aliphatic heterocycles. The van der Waals surface area contributed by atoms with Crippen molar-refractivity contribution in [3.63, 3.8) is 0 Å². The Hall–Kier alpha value is -1.91. The van der Waals surface area contributed by atoms with Gasteiger partial charge in [-0.1, -0.05) is 76.0 Å². The standard InChI is InChI=1S/C25H35FN2O2/c26-22-17-11-10-16-21(22)24-25(30)27(19-12-6-4-5-7-13-19)18-23(29)28(24)20-14-8-2-1-3-9-15-20/h10-11,16-17,19-20,24H,1-9,12-15,18H2/t24-/m1/s1. The third-order valence-electron chi connectivity index (χ3n) is 7.32. The van der Waals surface area contributed by atoms with Gasteiger partial charge in [-0.15, -0.1) is 0 Å². The van der Waals surface area contributed by atoms with E-state index in [4.69, 9.17) is 0 Å². The van der Waals surface area contributed by atoms with Crippen LogP contribution in [0.3, 0.4) is 0 Å². The fourth-order valence-electron chi connectivity index (χ4n) is 5.71. The van der Waals surface area contributed by atoms with Crippen molar-refractivity contribution in [2.24, 2.45) is 0 Å². The number of rotatable bonds is 3. The highest BCUT2D eigenvalue weighted by Gasteiger charge is 2.46. The van der Waals surface area contributed by atoms with Crippen LogP contribution in [0, 0.1) is 5.82 Å². The average molecular weight is 415 g/mol. The SMILES string of the molecule is O=C1[C@@H](c2ccccc2F)N(C2CCCCCCC2)C(=O)CN1C1CCCCCC1. The van der Waals surface area contributed by atoms with Crippen LogP contribution in [0.5, 0.6) is 0 Å². The van der Waals surface area contributed by atoms with Crippen molar-refractivity contribution in [2.75, 3.05) is 6.54 Å². The Labute approximate surface area is 179 Å². The van der Waals surface area contributed by atoms with Gasteiger partial charge in [0.1, 0.15) is 18.4 Å². The second-order valence-corrected chi connectivity index (χ2v) is 9.34. The maximum Gasteiger partial charge on any atom is 0.250 e. The highest BCUT2D eigenvalue weighted by atomic mass is 19.1. The summed E-state index contributed by atoms with van der Waals surface area (Å²) in [6, 6.07) is 5.85. The molecule has 4 nitrogen and oxygen atoms in total. The van der Waals surface area contributed by atoms with E-state index in [0.717, 1.165) is 51.4 Å². The summed E-state index contributed by atoms with van der Waals surface area (Å²) in [6.07, 6.45) is 14.0. The fraction of sp³-hybridized carbons (Fsp3) is 0.680. The minimum atomic E-state index is -0.819. The lowest BCUT2D eigenvalue weighted by atomic mass is 9.90. The van der Waals surface area contributed by atoms with Crippen molar-refractivity contribution in [2.45, 2.75) is 102 Å². The lowest BCUT2D eigenvalue weighted by Gasteiger charge is -2.47. The molecule has 2 aliphatic carbocycles. The minimum Gasteiger partial charge on any atom is -0.328 e. The number of nitrogens with zero attached hydrogens (tertiary/aromatic N) is 2. The van der Waals surface area contributed by atoms with Gasteiger partial charge in [-0.05, 0) is 31.7 Å². The van der Waals surface area contributed by atoms with Crippen LogP contribution in [0.2, 0.25) is 0 Å². The molecule has 2 amide bonds. The summed E-state index contributed by atoms with van der Waals surface area (Å²) in [5.74, 6) is -0.464. The number of carbonyl (C=O) groups is 2. The number of halogens is 1. The third-order valence-corrected chi connectivity index (χ3v) is 7.32. The Balaban J connectivity index is 1.67. The van der Waals surface area contributed by atoms with Crippen LogP contribution in [-0.2, 0) is 9.59 Å². The van der Waals surface area contributed by atoms with Crippen LogP contribution < -0.4 is 0 Å². The zero-order valence-corrected chi connectivity index (χ0v) is 18.0. The number of piperazine rings is 1. The number of carbonyl (C=O) groups excluding carboxylic acids is 2. The van der Waals surface area contributed by atoms with Gasteiger partial charge in [-0.25, -0.2) is 4.39 Å². The van der Waals surface area contributed by atoms with E-state index in [1.807, 2.05) is 0 Å². The van der Waals surface area contributed by atoms with E-state index in [2.05, 4.69) is 0 Å². The molecule has 1 saturated heterocycles. The molecule has 0 aromatic heterocycles. The number of benzene rings is 1. The van der Waals surface area contributed by atoms with Crippen molar-refractivity contribution in [3.8, 4) is 0 Å². The Morgan fingerprint density at radius 3 is 1.87 bits per heavy atom. The third kappa shape index (κ3) is 4.55. The molecular weight excluding hydrogens is 379 g/mol. The van der Waals surface area contributed by atoms with Crippen LogP contribution >= 0.6 is 0 Å². The average Bonchev–Trinajstić information content (AvgIpc) is 3.00. The van der Waals surface area contributed by atoms with Crippen LogP contribution in [-0.4, -0.2) is 40.2 Å². The fourth-order valence-corrected chi connectivity index (χ4v) is 5.71. The van der Waals surface area contributed by atoms with Crippen molar-refractivity contribution in [1.82, 2.24) is 9.80 Å². The first-order chi connectivity index (χ1) is 14.7. The molecule has 0 N–H and O–H groups in total. The van der Waals surface area contributed by atoms with E-state index in [1.165, 1.54) is 38.2 Å². The zero-order chi connectivity index (χ0) is 20.9. The van der Waals surface area contributed by atoms with Crippen molar-refractivity contribution < 1.29 is 14.0 Å². The van der Waals surface area contributed by atoms with E-state index in [0.29, 0.717) is 5.56 Å². The highest BCUT2D eigenvalue weighted by molar-refractivity contribution is 5.96. The van der Waals surface area contributed by atoms with Gasteiger partial charge in [0.2, 0.25) is 5.91 Å². The molecule has 1 atom stereocenters. The number of hydrogen-bond acceptors (Lipinski definition) is 2. The molecule has 3 aliphatic rings. The monoisotopic (exact) mass is 414 g/mol. The molecule has 0 spiro atoms. The summed E-state index contributed by atoms with van der Waals surface area (Å²) >= 11 is 0. The van der Waals surface area contributed by atoms with Gasteiger partial charge in [0.25, 0.3) is 5.91 Å². The molecule has 0 radical (unpaired) electrons. The quantitative estimate of drug-likeness (QED) is 0.624. The van der Waals surface area contributed by atoms with Crippen molar-refractivity contribution >= 4 is 11.8 Å². The summed E-state index contributed by atoms with van der Waals surface area (Å²) in [4.78, 5) is 30.9. The zero-order valence-electron chi connectivity index (χ0n) is 18.0. The van der Waals surface area contributed by atoms with Gasteiger partial charge in [-0.3, -0.25) is 9.59 Å². The molecule has 30 heavy (non-hydrogen) atoms. The van der Waals surface area contributed by atoms with E-state index in [1.54, 1.807) is 28.0 Å². The molecule has 1 heterocycles. The molecule has 3 fully saturated rings. The first-order valence-electron chi connectivity index (χ1n) is 12.0. The van der Waals surface area contributed by atoms with Crippen molar-refractivity contribution in [1.29, 1.82) is 0 Å². The van der Waals surface area contributed by atoms with Gasteiger partial charge in [0, 0.05) is 17.6 Å². The summed E-state index contributed by atoms with van der Waals surface area (Å²) in [5.41, 5.74) is 0.358. The summed E-state index contributed by atoms with van der Waals surface area (Å²) in [5, 5.41) is 0. The second-order valence-electron chi connectivity index (χ2n) is 9.34. The normalized spacial score (nSPS) is 25.7. The molecule has 5 heteroatoms. The highest BCUT2D eigenvalue weighted by Crippen LogP contribution is 2.37. The topological polar surface area (TPSA) is 40.6 Å². The number of hydrogen-bond donors (Lipinski definition) is 0. The van der Waals surface area contributed by atoms with E-state index >= 15 is 0 Å². The van der Waals surface area contributed by atoms with E-state index in [9.17, 15) is 14.0 Å². The largest absolute Gasteiger partial charge is 0.328 e. The van der Waals surface area contributed by atoms with Crippen LogP contribution in [0.4, 0.5) is 4.39 Å². The second kappa shape index (κ2) is 9.93. The predicted octanol–water partition coefficient (Wildman–Crippen LogP) is 5.37. The van der Waals surface area contributed by atoms with Crippen LogP contribution in [0.15, 0.2) is 24.3 Å². The molecule has 0 bridgehead atoms. The van der Waals surface area contributed by atoms with Crippen molar-refractivity contribution in [3.05, 3.63) is 35.6 Å². The lowest BCUT2D eigenvalue weighted by Crippen LogP contribution is -2.60. The maximum atomic E-state index is 14.9. The number of amides is 2. The Morgan fingerprint density at radius 2 is 1.27 bits per heavy atom. The summed E-state index contributed by atoms with van der Waals surface area (Å²) < 4.78 is 14.9. The molecule has 2 saturated carbocycles. The van der Waals surface area contributed by atoms with Gasteiger partial charge < -0.3 is 9.80 Å². The summed E-state index contributed by atoms with van der Waals surface area (Å²) in [7, 11) is 0. The Kier molecular flexibility index (Phi) is 7.06. The Morgan fingerprint density at radius 1 is 0.733 bits per heavy atom. The van der Waals surface area contributed by atoms with Gasteiger partial charge in [0.15, 0.2) is 0 Å². The molecule has 1 aromatic rings. The predicted molar refractivity (Wildman–Crippen MR) is 115 cm³/mol. The van der Waals surface area contributed by atoms with E-state index < -0.39 is 6.04 Å². The van der Waals surface area contributed by atoms with Gasteiger partial charge in [-0.2, -0.15) is 0 Å². The molecule has 164 valence electrons. The maximum absolute atomic E-state index is 14.9. The lowest BCUT2D eigenvalue weighted by molar-refractivity contribution is -0.162. The molecule has 1 aromatic carbocycles. The first kappa shape index (κ1) is 21.3. The van der Waals surface area contributed by atoms with Gasteiger partial charge in [0.05, 0.1) is 0 Å².